The predicted octanol–water partition coefficient (Wildman–Crippen LogP) is 3.70. The maximum absolute atomic E-state index is 2.58. The first-order valence-corrected chi connectivity index (χ1v) is 8.62. The van der Waals surface area contributed by atoms with Crippen LogP contribution in [0.15, 0.2) is 0 Å². The number of thioether (sulfide) groups is 2. The van der Waals surface area contributed by atoms with Crippen molar-refractivity contribution in [2.75, 3.05) is 36.2 Å². The third kappa shape index (κ3) is 7.53. The summed E-state index contributed by atoms with van der Waals surface area (Å²) in [7, 11) is 0. The number of hydrogen-bond donors (Lipinski definition) is 0. The summed E-state index contributed by atoms with van der Waals surface area (Å²) >= 11 is 4.22. The number of nitrogens with zero attached hydrogens (tertiary/aromatic N) is 1. The van der Waals surface area contributed by atoms with Crippen molar-refractivity contribution in [3.05, 3.63) is 0 Å². The Morgan fingerprint density at radius 3 is 2.73 bits per heavy atom. The molecule has 0 N–H and O–H groups in total. The Morgan fingerprint density at radius 2 is 2.00 bits per heavy atom. The van der Waals surface area contributed by atoms with Crippen LogP contribution in [0.5, 0.6) is 0 Å². The van der Waals surface area contributed by atoms with Crippen LogP contribution in [0.3, 0.4) is 0 Å². The van der Waals surface area contributed by atoms with Crippen LogP contribution < -0.4 is 0 Å². The van der Waals surface area contributed by atoms with Gasteiger partial charge in [-0.2, -0.15) is 11.8 Å². The zero-order valence-electron chi connectivity index (χ0n) is 10.0. The molecule has 0 bridgehead atoms. The Balaban J connectivity index is 1.73. The quantitative estimate of drug-likeness (QED) is 0.572. The van der Waals surface area contributed by atoms with Gasteiger partial charge in [0.05, 0.1) is 0 Å². The maximum atomic E-state index is 2.58. The van der Waals surface area contributed by atoms with E-state index in [2.05, 4.69) is 35.3 Å². The first kappa shape index (κ1) is 13.7. The van der Waals surface area contributed by atoms with Crippen LogP contribution in [0.25, 0.3) is 0 Å². The summed E-state index contributed by atoms with van der Waals surface area (Å²) in [5.74, 6) is 5.35. The molecule has 1 rings (SSSR count). The molecule has 3 heteroatoms. The molecule has 0 aromatic carbocycles. The molecule has 0 spiro atoms. The fraction of sp³-hybridized carbons (Fsp3) is 1.00. The molecule has 90 valence electrons. The van der Waals surface area contributed by atoms with Gasteiger partial charge < -0.3 is 0 Å². The van der Waals surface area contributed by atoms with Gasteiger partial charge in [-0.25, -0.2) is 0 Å². The van der Waals surface area contributed by atoms with E-state index in [1.165, 1.54) is 68.3 Å². The van der Waals surface area contributed by atoms with Gasteiger partial charge in [-0.1, -0.05) is 32.6 Å². The van der Waals surface area contributed by atoms with Gasteiger partial charge in [-0.05, 0) is 12.2 Å². The van der Waals surface area contributed by atoms with Crippen molar-refractivity contribution in [1.29, 1.82) is 0 Å². The summed E-state index contributed by atoms with van der Waals surface area (Å²) in [6.07, 6.45) is 7.11. The minimum absolute atomic E-state index is 1.27. The van der Waals surface area contributed by atoms with Crippen LogP contribution in [-0.2, 0) is 0 Å². The second kappa shape index (κ2) is 9.86. The lowest BCUT2D eigenvalue weighted by atomic mass is 10.2. The fourth-order valence-electron chi connectivity index (χ4n) is 1.73. The molecule has 1 saturated heterocycles. The van der Waals surface area contributed by atoms with Crippen molar-refractivity contribution in [3.63, 3.8) is 0 Å². The smallest absolute Gasteiger partial charge is 0.0445 e. The fourth-order valence-corrected chi connectivity index (χ4v) is 3.76. The Kier molecular flexibility index (Phi) is 9.02. The van der Waals surface area contributed by atoms with Crippen LogP contribution in [0.2, 0.25) is 0 Å². The highest BCUT2D eigenvalue weighted by molar-refractivity contribution is 7.99. The van der Waals surface area contributed by atoms with Crippen molar-refractivity contribution < 1.29 is 0 Å². The van der Waals surface area contributed by atoms with E-state index in [4.69, 9.17) is 0 Å². The average molecular weight is 247 g/mol. The van der Waals surface area contributed by atoms with Crippen molar-refractivity contribution in [1.82, 2.24) is 4.90 Å². The second-order valence-corrected chi connectivity index (χ2v) is 6.48. The largest absolute Gasteiger partial charge is 0.292 e. The van der Waals surface area contributed by atoms with Gasteiger partial charge in [-0.3, -0.25) is 4.90 Å². The van der Waals surface area contributed by atoms with Crippen LogP contribution in [0, 0.1) is 0 Å². The van der Waals surface area contributed by atoms with Gasteiger partial charge in [0.1, 0.15) is 0 Å². The molecule has 0 amide bonds. The molecular weight excluding hydrogens is 222 g/mol. The highest BCUT2D eigenvalue weighted by Gasteiger charge is 2.10. The van der Waals surface area contributed by atoms with E-state index in [0.29, 0.717) is 0 Å². The van der Waals surface area contributed by atoms with Gasteiger partial charge in [0.25, 0.3) is 0 Å². The number of hydrogen-bond acceptors (Lipinski definition) is 3. The van der Waals surface area contributed by atoms with Crippen molar-refractivity contribution in [3.8, 4) is 0 Å². The monoisotopic (exact) mass is 247 g/mol. The average Bonchev–Trinajstić information content (AvgIpc) is 2.75. The van der Waals surface area contributed by atoms with E-state index in [-0.39, 0.29) is 0 Å². The molecule has 1 aliphatic rings. The van der Waals surface area contributed by atoms with Gasteiger partial charge in [0.15, 0.2) is 0 Å². The summed E-state index contributed by atoms with van der Waals surface area (Å²) in [5, 5.41) is 0. The van der Waals surface area contributed by atoms with Gasteiger partial charge in [-0.15, -0.1) is 11.8 Å². The van der Waals surface area contributed by atoms with E-state index < -0.39 is 0 Å². The molecule has 1 nitrogen and oxygen atoms in total. The molecule has 0 saturated carbocycles. The summed E-state index contributed by atoms with van der Waals surface area (Å²) in [6.45, 7) is 4.91. The van der Waals surface area contributed by atoms with Crippen molar-refractivity contribution in [2.24, 2.45) is 0 Å². The van der Waals surface area contributed by atoms with Crippen LogP contribution in [0.4, 0.5) is 0 Å². The van der Waals surface area contributed by atoms with E-state index in [9.17, 15) is 0 Å². The molecule has 0 unspecified atom stereocenters. The minimum Gasteiger partial charge on any atom is -0.292 e. The normalized spacial score (nSPS) is 17.4. The highest BCUT2D eigenvalue weighted by Crippen LogP contribution is 2.14. The standard InChI is InChI=1S/C12H25NS2/c1-2-3-4-5-6-9-14-10-7-13-8-11-15-12-13/h2-12H2,1H3. The van der Waals surface area contributed by atoms with Gasteiger partial charge in [0, 0.05) is 30.5 Å². The van der Waals surface area contributed by atoms with Crippen LogP contribution in [0.1, 0.15) is 39.0 Å². The van der Waals surface area contributed by atoms with Gasteiger partial charge >= 0.3 is 0 Å². The van der Waals surface area contributed by atoms with Crippen molar-refractivity contribution in [2.45, 2.75) is 39.0 Å². The third-order valence-electron chi connectivity index (χ3n) is 2.77. The zero-order chi connectivity index (χ0) is 10.8. The molecule has 0 aliphatic carbocycles. The first-order valence-electron chi connectivity index (χ1n) is 6.31. The molecule has 15 heavy (non-hydrogen) atoms. The first-order chi connectivity index (χ1) is 7.43. The molecule has 1 fully saturated rings. The van der Waals surface area contributed by atoms with Crippen LogP contribution >= 0.6 is 23.5 Å². The summed E-state index contributed by atoms with van der Waals surface area (Å²) < 4.78 is 0. The Bertz CT molecular complexity index is 136. The summed E-state index contributed by atoms with van der Waals surface area (Å²) in [5.41, 5.74) is 0. The molecular formula is C12H25NS2. The number of rotatable bonds is 9. The molecule has 0 atom stereocenters. The Morgan fingerprint density at radius 1 is 1.13 bits per heavy atom. The molecule has 0 aromatic heterocycles. The second-order valence-electron chi connectivity index (χ2n) is 4.18. The topological polar surface area (TPSA) is 3.24 Å². The predicted molar refractivity (Wildman–Crippen MR) is 75.0 cm³/mol. The van der Waals surface area contributed by atoms with E-state index >= 15 is 0 Å². The molecule has 1 heterocycles. The minimum atomic E-state index is 1.27. The SMILES string of the molecule is CCCCCCCSCCN1CCSC1. The highest BCUT2D eigenvalue weighted by atomic mass is 32.2. The molecule has 0 aromatic rings. The molecule has 1 aliphatic heterocycles. The summed E-state index contributed by atoms with van der Waals surface area (Å²) in [6, 6.07) is 0. The lowest BCUT2D eigenvalue weighted by Gasteiger charge is -2.12. The van der Waals surface area contributed by atoms with E-state index in [0.717, 1.165) is 0 Å². The maximum Gasteiger partial charge on any atom is 0.0445 e. The Labute approximate surface area is 104 Å². The Hall–Kier alpha value is 0.660. The third-order valence-corrected chi connectivity index (χ3v) is 4.84. The van der Waals surface area contributed by atoms with E-state index in [1.54, 1.807) is 0 Å². The van der Waals surface area contributed by atoms with E-state index in [1.807, 2.05) is 0 Å². The number of unbranched alkanes of at least 4 members (excludes halogenated alkanes) is 4. The van der Waals surface area contributed by atoms with Crippen LogP contribution in [-0.4, -0.2) is 41.1 Å². The summed E-state index contributed by atoms with van der Waals surface area (Å²) in [4.78, 5) is 2.58. The molecule has 0 radical (unpaired) electrons. The van der Waals surface area contributed by atoms with Crippen molar-refractivity contribution >= 4 is 23.5 Å². The lowest BCUT2D eigenvalue weighted by molar-refractivity contribution is 0.380. The zero-order valence-corrected chi connectivity index (χ0v) is 11.7. The van der Waals surface area contributed by atoms with Gasteiger partial charge in [0.2, 0.25) is 0 Å². The lowest BCUT2D eigenvalue weighted by Crippen LogP contribution is -2.22.